The first-order chi connectivity index (χ1) is 15.0. The van der Waals surface area contributed by atoms with Crippen LogP contribution < -0.4 is 4.90 Å². The average molecular weight is 411 g/mol. The molecule has 154 valence electrons. The molecule has 6 heteroatoms. The van der Waals surface area contributed by atoms with Gasteiger partial charge in [0.05, 0.1) is 17.8 Å². The second-order valence-electron chi connectivity index (χ2n) is 8.59. The zero-order chi connectivity index (χ0) is 21.3. The highest BCUT2D eigenvalue weighted by molar-refractivity contribution is 6.25. The Morgan fingerprint density at radius 1 is 0.968 bits per heavy atom. The topological polar surface area (TPSA) is 60.9 Å². The first-order valence-electron chi connectivity index (χ1n) is 10.6. The molecule has 0 radical (unpaired) electrons. The fourth-order valence-corrected chi connectivity index (χ4v) is 5.46. The Kier molecular flexibility index (Phi) is 3.75. The molecule has 3 saturated heterocycles. The fraction of sp³-hybridized carbons (Fsp3) is 0.240. The van der Waals surface area contributed by atoms with E-state index in [9.17, 15) is 14.4 Å². The molecule has 3 aromatic rings. The Hall–Kier alpha value is -3.67. The second-order valence-corrected chi connectivity index (χ2v) is 8.59. The van der Waals surface area contributed by atoms with E-state index in [1.165, 1.54) is 4.90 Å². The maximum absolute atomic E-state index is 13.5. The van der Waals surface area contributed by atoms with Gasteiger partial charge in [0.15, 0.2) is 0 Å². The van der Waals surface area contributed by atoms with Crippen LogP contribution in [0.1, 0.15) is 22.3 Å². The van der Waals surface area contributed by atoms with E-state index >= 15 is 0 Å². The summed E-state index contributed by atoms with van der Waals surface area (Å²) in [4.78, 5) is 44.9. The van der Waals surface area contributed by atoms with Gasteiger partial charge in [-0.25, -0.2) is 9.69 Å². The summed E-state index contributed by atoms with van der Waals surface area (Å²) in [6.45, 7) is 2.42. The van der Waals surface area contributed by atoms with Crippen molar-refractivity contribution in [1.82, 2.24) is 9.80 Å². The van der Waals surface area contributed by atoms with Crippen molar-refractivity contribution >= 4 is 34.3 Å². The normalized spacial score (nSPS) is 24.4. The lowest BCUT2D eigenvalue weighted by atomic mass is 10.1. The summed E-state index contributed by atoms with van der Waals surface area (Å²) < 4.78 is 0. The van der Waals surface area contributed by atoms with Crippen LogP contribution in [-0.2, 0) is 4.79 Å². The molecule has 2 unspecified atom stereocenters. The van der Waals surface area contributed by atoms with E-state index in [1.807, 2.05) is 73.7 Å². The van der Waals surface area contributed by atoms with Crippen molar-refractivity contribution in [3.05, 3.63) is 77.9 Å². The van der Waals surface area contributed by atoms with E-state index in [-0.39, 0.29) is 29.9 Å². The molecule has 3 heterocycles. The summed E-state index contributed by atoms with van der Waals surface area (Å²) in [5.41, 5.74) is 2.26. The number of rotatable bonds is 2. The second kappa shape index (κ2) is 6.41. The molecular weight excluding hydrogens is 390 g/mol. The van der Waals surface area contributed by atoms with Gasteiger partial charge < -0.3 is 9.80 Å². The number of benzene rings is 3. The van der Waals surface area contributed by atoms with Crippen LogP contribution in [0.3, 0.4) is 0 Å². The van der Waals surface area contributed by atoms with Crippen LogP contribution in [0.2, 0.25) is 0 Å². The fourth-order valence-electron chi connectivity index (χ4n) is 5.46. The van der Waals surface area contributed by atoms with E-state index in [4.69, 9.17) is 0 Å². The lowest BCUT2D eigenvalue weighted by Crippen LogP contribution is -2.54. The van der Waals surface area contributed by atoms with E-state index in [0.29, 0.717) is 24.2 Å². The number of aryl methyl sites for hydroxylation is 1. The molecule has 6 nitrogen and oxygen atoms in total. The number of imide groups is 1. The molecule has 0 N–H and O–H groups in total. The molecule has 2 bridgehead atoms. The van der Waals surface area contributed by atoms with E-state index in [2.05, 4.69) is 0 Å². The quantitative estimate of drug-likeness (QED) is 0.606. The number of carbonyl (C=O) groups is 3. The molecular formula is C25H21N3O3. The standard InChI is InChI=1S/C25H21N3O3/c1-15-6-4-9-17(12-15)23(29)26-14-18-13-21(26)22-24(30)28(25(31)27(18)22)20-11-5-8-16-7-2-3-10-19(16)20/h2-12,18,21-22H,13-14H2,1H3/t18?,21?,22-/m1/s1. The zero-order valence-electron chi connectivity index (χ0n) is 17.1. The molecule has 0 aliphatic carbocycles. The number of carbonyl (C=O) groups excluding carboxylic acids is 3. The smallest absolute Gasteiger partial charge is 0.331 e. The molecule has 0 aromatic heterocycles. The third-order valence-corrected chi connectivity index (χ3v) is 6.80. The van der Waals surface area contributed by atoms with Gasteiger partial charge in [-0.15, -0.1) is 0 Å². The maximum Gasteiger partial charge on any atom is 0.332 e. The van der Waals surface area contributed by atoms with Crippen molar-refractivity contribution in [3.63, 3.8) is 0 Å². The molecule has 0 spiro atoms. The van der Waals surface area contributed by atoms with Crippen LogP contribution >= 0.6 is 0 Å². The van der Waals surface area contributed by atoms with E-state index < -0.39 is 6.04 Å². The molecule has 4 amide bonds. The molecule has 3 aromatic carbocycles. The van der Waals surface area contributed by atoms with Crippen molar-refractivity contribution in [2.24, 2.45) is 0 Å². The Morgan fingerprint density at radius 2 is 1.74 bits per heavy atom. The summed E-state index contributed by atoms with van der Waals surface area (Å²) in [7, 11) is 0. The Balaban J connectivity index is 1.36. The van der Waals surface area contributed by atoms with Gasteiger partial charge in [-0.2, -0.15) is 0 Å². The van der Waals surface area contributed by atoms with Crippen molar-refractivity contribution < 1.29 is 14.4 Å². The van der Waals surface area contributed by atoms with Gasteiger partial charge in [0.25, 0.3) is 11.8 Å². The average Bonchev–Trinajstić information content (AvgIpc) is 3.44. The van der Waals surface area contributed by atoms with Crippen LogP contribution in [0, 0.1) is 6.92 Å². The number of hydrogen-bond donors (Lipinski definition) is 0. The highest BCUT2D eigenvalue weighted by Crippen LogP contribution is 2.43. The first-order valence-corrected chi connectivity index (χ1v) is 10.6. The van der Waals surface area contributed by atoms with E-state index in [1.54, 1.807) is 9.80 Å². The monoisotopic (exact) mass is 411 g/mol. The van der Waals surface area contributed by atoms with Crippen LogP contribution in [-0.4, -0.2) is 52.3 Å². The molecule has 6 rings (SSSR count). The third-order valence-electron chi connectivity index (χ3n) is 6.80. The first kappa shape index (κ1) is 18.1. The SMILES string of the molecule is Cc1cccc(C(=O)N2CC3CC2[C@@H]2C(=O)N(c4cccc5ccccc45)C(=O)N32)c1. The number of urea groups is 1. The number of piperazine rings is 1. The van der Waals surface area contributed by atoms with Gasteiger partial charge in [-0.3, -0.25) is 9.59 Å². The minimum Gasteiger partial charge on any atom is -0.331 e. The number of hydrogen-bond acceptors (Lipinski definition) is 3. The zero-order valence-corrected chi connectivity index (χ0v) is 17.1. The van der Waals surface area contributed by atoms with Gasteiger partial charge >= 0.3 is 6.03 Å². The molecule has 3 aliphatic heterocycles. The summed E-state index contributed by atoms with van der Waals surface area (Å²) >= 11 is 0. The predicted octanol–water partition coefficient (Wildman–Crippen LogP) is 3.58. The van der Waals surface area contributed by atoms with Gasteiger partial charge in [0, 0.05) is 17.5 Å². The number of likely N-dealkylation sites (tertiary alicyclic amines) is 1. The summed E-state index contributed by atoms with van der Waals surface area (Å²) in [5.74, 6) is -0.310. The Labute approximate surface area is 179 Å². The van der Waals surface area contributed by atoms with Crippen LogP contribution in [0.15, 0.2) is 66.7 Å². The Bertz CT molecular complexity index is 1260. The van der Waals surface area contributed by atoms with Gasteiger partial charge in [-0.05, 0) is 36.9 Å². The maximum atomic E-state index is 13.5. The largest absolute Gasteiger partial charge is 0.332 e. The van der Waals surface area contributed by atoms with Gasteiger partial charge in [0.1, 0.15) is 6.04 Å². The van der Waals surface area contributed by atoms with Crippen molar-refractivity contribution in [3.8, 4) is 0 Å². The number of amides is 4. The van der Waals surface area contributed by atoms with E-state index in [0.717, 1.165) is 16.3 Å². The van der Waals surface area contributed by atoms with Crippen molar-refractivity contribution in [1.29, 1.82) is 0 Å². The third kappa shape index (κ3) is 2.48. The highest BCUT2D eigenvalue weighted by Gasteiger charge is 2.63. The predicted molar refractivity (Wildman–Crippen MR) is 117 cm³/mol. The van der Waals surface area contributed by atoms with Crippen LogP contribution in [0.25, 0.3) is 10.8 Å². The minimum absolute atomic E-state index is 0.0697. The van der Waals surface area contributed by atoms with Crippen molar-refractivity contribution in [2.45, 2.75) is 31.5 Å². The van der Waals surface area contributed by atoms with Crippen LogP contribution in [0.5, 0.6) is 0 Å². The molecule has 31 heavy (non-hydrogen) atoms. The number of nitrogens with zero attached hydrogens (tertiary/aromatic N) is 3. The van der Waals surface area contributed by atoms with Crippen LogP contribution in [0.4, 0.5) is 10.5 Å². The minimum atomic E-state index is -0.612. The van der Waals surface area contributed by atoms with Gasteiger partial charge in [-0.1, -0.05) is 54.1 Å². The summed E-state index contributed by atoms with van der Waals surface area (Å²) in [6.07, 6.45) is 0.656. The molecule has 3 atom stereocenters. The highest BCUT2D eigenvalue weighted by atomic mass is 16.2. The molecule has 0 saturated carbocycles. The summed E-state index contributed by atoms with van der Waals surface area (Å²) in [5, 5.41) is 1.85. The van der Waals surface area contributed by atoms with Gasteiger partial charge in [0.2, 0.25) is 0 Å². The summed E-state index contributed by atoms with van der Waals surface area (Å²) in [6, 6.07) is 19.6. The number of anilines is 1. The van der Waals surface area contributed by atoms with Crippen molar-refractivity contribution in [2.75, 3.05) is 11.4 Å². The lowest BCUT2D eigenvalue weighted by molar-refractivity contribution is -0.121. The Morgan fingerprint density at radius 3 is 2.58 bits per heavy atom. The number of fused-ring (bicyclic) bond motifs is 6. The molecule has 3 fully saturated rings. The lowest BCUT2D eigenvalue weighted by Gasteiger charge is -2.35. The molecule has 3 aliphatic rings.